The maximum atomic E-state index is 11.8. The SMILES string of the molecule is O=C1CC(Br)CN1c1c(Br)cc([N+](=O)[O-])cc1Br. The van der Waals surface area contributed by atoms with E-state index in [0.717, 1.165) is 0 Å². The van der Waals surface area contributed by atoms with Crippen LogP contribution in [0.2, 0.25) is 0 Å². The van der Waals surface area contributed by atoms with Crippen molar-refractivity contribution in [1.29, 1.82) is 0 Å². The lowest BCUT2D eigenvalue weighted by Gasteiger charge is -2.19. The number of rotatable bonds is 2. The molecule has 1 saturated heterocycles. The van der Waals surface area contributed by atoms with Gasteiger partial charge < -0.3 is 4.90 Å². The first-order valence-corrected chi connectivity index (χ1v) is 7.48. The second kappa shape index (κ2) is 5.26. The van der Waals surface area contributed by atoms with E-state index >= 15 is 0 Å². The molecule has 2 rings (SSSR count). The van der Waals surface area contributed by atoms with Gasteiger partial charge in [-0.2, -0.15) is 0 Å². The highest BCUT2D eigenvalue weighted by Gasteiger charge is 2.32. The summed E-state index contributed by atoms with van der Waals surface area (Å²) in [5.74, 6) is -0.00729. The van der Waals surface area contributed by atoms with Crippen LogP contribution >= 0.6 is 47.8 Å². The molecule has 96 valence electrons. The number of benzene rings is 1. The van der Waals surface area contributed by atoms with E-state index in [0.29, 0.717) is 27.6 Å². The number of amides is 1. The lowest BCUT2D eigenvalue weighted by Crippen LogP contribution is -2.25. The van der Waals surface area contributed by atoms with Crippen molar-refractivity contribution in [2.45, 2.75) is 11.2 Å². The van der Waals surface area contributed by atoms with E-state index in [1.807, 2.05) is 0 Å². The highest BCUT2D eigenvalue weighted by Crippen LogP contribution is 2.40. The minimum absolute atomic E-state index is 0.00729. The quantitative estimate of drug-likeness (QED) is 0.399. The number of carbonyl (C=O) groups is 1. The van der Waals surface area contributed by atoms with Crippen LogP contribution in [-0.2, 0) is 4.79 Å². The summed E-state index contributed by atoms with van der Waals surface area (Å²) in [6, 6.07) is 2.80. The van der Waals surface area contributed by atoms with Crippen LogP contribution in [0.5, 0.6) is 0 Å². The van der Waals surface area contributed by atoms with Gasteiger partial charge in [0.15, 0.2) is 0 Å². The Hall–Kier alpha value is -0.470. The molecule has 1 aliphatic heterocycles. The molecule has 8 heteroatoms. The number of halogens is 3. The Balaban J connectivity index is 2.46. The lowest BCUT2D eigenvalue weighted by atomic mass is 10.2. The predicted octanol–water partition coefficient (Wildman–Crippen LogP) is 3.62. The van der Waals surface area contributed by atoms with Gasteiger partial charge in [-0.1, -0.05) is 15.9 Å². The fourth-order valence-electron chi connectivity index (χ4n) is 1.80. The van der Waals surface area contributed by atoms with Crippen molar-refractivity contribution in [3.63, 3.8) is 0 Å². The smallest absolute Gasteiger partial charge is 0.271 e. The molecule has 1 aliphatic rings. The number of nitro groups is 1. The van der Waals surface area contributed by atoms with Crippen LogP contribution in [0.4, 0.5) is 11.4 Å². The monoisotopic (exact) mass is 440 g/mol. The molecule has 0 aliphatic carbocycles. The van der Waals surface area contributed by atoms with Crippen molar-refractivity contribution in [1.82, 2.24) is 0 Å². The van der Waals surface area contributed by atoms with Gasteiger partial charge >= 0.3 is 0 Å². The van der Waals surface area contributed by atoms with Crippen molar-refractivity contribution in [2.24, 2.45) is 0 Å². The summed E-state index contributed by atoms with van der Waals surface area (Å²) in [6.45, 7) is 0.549. The topological polar surface area (TPSA) is 63.5 Å². The molecule has 18 heavy (non-hydrogen) atoms. The van der Waals surface area contributed by atoms with Gasteiger partial charge in [0.2, 0.25) is 5.91 Å². The number of non-ortho nitro benzene ring substituents is 1. The zero-order chi connectivity index (χ0) is 13.4. The molecule has 1 heterocycles. The van der Waals surface area contributed by atoms with Gasteiger partial charge in [0.1, 0.15) is 0 Å². The van der Waals surface area contributed by atoms with Crippen LogP contribution < -0.4 is 4.90 Å². The van der Waals surface area contributed by atoms with Crippen LogP contribution in [0.25, 0.3) is 0 Å². The highest BCUT2D eigenvalue weighted by atomic mass is 79.9. The summed E-state index contributed by atoms with van der Waals surface area (Å²) in [4.78, 5) is 23.8. The summed E-state index contributed by atoms with van der Waals surface area (Å²) in [7, 11) is 0. The Labute approximate surface area is 128 Å². The van der Waals surface area contributed by atoms with E-state index in [9.17, 15) is 14.9 Å². The van der Waals surface area contributed by atoms with E-state index in [1.165, 1.54) is 12.1 Å². The van der Waals surface area contributed by atoms with Gasteiger partial charge in [-0.05, 0) is 31.9 Å². The molecule has 1 aromatic rings. The molecule has 1 atom stereocenters. The zero-order valence-corrected chi connectivity index (χ0v) is 13.7. The molecular weight excluding hydrogens is 436 g/mol. The highest BCUT2D eigenvalue weighted by molar-refractivity contribution is 9.11. The second-order valence-corrected chi connectivity index (χ2v) is 6.82. The summed E-state index contributed by atoms with van der Waals surface area (Å²) in [6.07, 6.45) is 0.426. The fourth-order valence-corrected chi connectivity index (χ4v) is 3.95. The first-order chi connectivity index (χ1) is 8.40. The van der Waals surface area contributed by atoms with Gasteiger partial charge in [-0.25, -0.2) is 0 Å². The Morgan fingerprint density at radius 1 is 1.33 bits per heavy atom. The summed E-state index contributed by atoms with van der Waals surface area (Å²) in [5, 5.41) is 10.7. The number of anilines is 1. The molecule has 5 nitrogen and oxygen atoms in total. The van der Waals surface area contributed by atoms with Crippen LogP contribution in [0.15, 0.2) is 21.1 Å². The third kappa shape index (κ3) is 2.60. The normalized spacial score (nSPS) is 19.4. The third-order valence-electron chi connectivity index (χ3n) is 2.56. The van der Waals surface area contributed by atoms with E-state index in [2.05, 4.69) is 47.8 Å². The van der Waals surface area contributed by atoms with Gasteiger partial charge in [0.05, 0.1) is 10.6 Å². The third-order valence-corrected chi connectivity index (χ3v) is 4.38. The predicted molar refractivity (Wildman–Crippen MR) is 78.2 cm³/mol. The van der Waals surface area contributed by atoms with Crippen LogP contribution in [0, 0.1) is 10.1 Å². The molecule has 1 aromatic carbocycles. The number of hydrogen-bond acceptors (Lipinski definition) is 3. The minimum Gasteiger partial charge on any atom is -0.309 e. The number of nitro benzene ring substituents is 1. The first kappa shape index (κ1) is 14.0. The maximum Gasteiger partial charge on any atom is 0.271 e. The molecule has 0 saturated carbocycles. The van der Waals surface area contributed by atoms with Crippen LogP contribution in [-0.4, -0.2) is 22.2 Å². The Morgan fingerprint density at radius 2 is 1.89 bits per heavy atom. The van der Waals surface area contributed by atoms with E-state index in [4.69, 9.17) is 0 Å². The average molecular weight is 443 g/mol. The van der Waals surface area contributed by atoms with Gasteiger partial charge in [-0.3, -0.25) is 14.9 Å². The Kier molecular flexibility index (Phi) is 4.08. The lowest BCUT2D eigenvalue weighted by molar-refractivity contribution is -0.385. The molecular formula is C10H7Br3N2O3. The van der Waals surface area contributed by atoms with E-state index in [1.54, 1.807) is 4.90 Å². The summed E-state index contributed by atoms with van der Waals surface area (Å²) < 4.78 is 1.05. The summed E-state index contributed by atoms with van der Waals surface area (Å²) in [5.41, 5.74) is 0.604. The Morgan fingerprint density at radius 3 is 2.28 bits per heavy atom. The molecule has 0 N–H and O–H groups in total. The number of nitrogens with zero attached hydrogens (tertiary/aromatic N) is 2. The molecule has 0 bridgehead atoms. The largest absolute Gasteiger partial charge is 0.309 e. The number of hydrogen-bond donors (Lipinski definition) is 0. The summed E-state index contributed by atoms with van der Waals surface area (Å²) >= 11 is 9.96. The van der Waals surface area contributed by atoms with Crippen molar-refractivity contribution in [3.8, 4) is 0 Å². The molecule has 1 unspecified atom stereocenters. The molecule has 1 fully saturated rings. The molecule has 1 amide bonds. The number of carbonyl (C=O) groups excluding carboxylic acids is 1. The van der Waals surface area contributed by atoms with Gasteiger partial charge in [-0.15, -0.1) is 0 Å². The van der Waals surface area contributed by atoms with Gasteiger partial charge in [0, 0.05) is 38.9 Å². The van der Waals surface area contributed by atoms with Crippen LogP contribution in [0.3, 0.4) is 0 Å². The molecule has 0 spiro atoms. The molecule has 0 radical (unpaired) electrons. The molecule has 0 aromatic heterocycles. The second-order valence-electron chi connectivity index (χ2n) is 3.82. The van der Waals surface area contributed by atoms with Crippen molar-refractivity contribution in [3.05, 3.63) is 31.2 Å². The van der Waals surface area contributed by atoms with E-state index < -0.39 is 4.92 Å². The number of alkyl halides is 1. The van der Waals surface area contributed by atoms with E-state index in [-0.39, 0.29) is 16.4 Å². The van der Waals surface area contributed by atoms with Crippen molar-refractivity contribution in [2.75, 3.05) is 11.4 Å². The van der Waals surface area contributed by atoms with Crippen LogP contribution in [0.1, 0.15) is 6.42 Å². The fraction of sp³-hybridized carbons (Fsp3) is 0.300. The minimum atomic E-state index is -0.474. The first-order valence-electron chi connectivity index (χ1n) is 4.98. The Bertz CT molecular complexity index is 512. The zero-order valence-electron chi connectivity index (χ0n) is 8.90. The maximum absolute atomic E-state index is 11.8. The van der Waals surface area contributed by atoms with Crippen molar-refractivity contribution >= 4 is 65.1 Å². The van der Waals surface area contributed by atoms with Gasteiger partial charge in [0.25, 0.3) is 5.69 Å². The van der Waals surface area contributed by atoms with Crippen molar-refractivity contribution < 1.29 is 9.72 Å². The standard InChI is InChI=1S/C10H7Br3N2O3/c11-5-1-9(16)14(4-5)10-7(12)2-6(15(17)18)3-8(10)13/h2-3,5H,1,4H2. The average Bonchev–Trinajstić information content (AvgIpc) is 2.56.